The number of nitrogens with two attached hydrogens (primary N) is 1. The summed E-state index contributed by atoms with van der Waals surface area (Å²) < 4.78 is 11.5. The van der Waals surface area contributed by atoms with Crippen molar-refractivity contribution in [3.8, 4) is 5.75 Å². The van der Waals surface area contributed by atoms with Crippen LogP contribution in [0.1, 0.15) is 30.9 Å². The molecule has 6 nitrogen and oxygen atoms in total. The van der Waals surface area contributed by atoms with Gasteiger partial charge in [-0.2, -0.15) is 0 Å². The van der Waals surface area contributed by atoms with E-state index in [2.05, 4.69) is 21.3 Å². The van der Waals surface area contributed by atoms with Crippen molar-refractivity contribution in [1.29, 1.82) is 0 Å². The molecule has 24 heavy (non-hydrogen) atoms. The van der Waals surface area contributed by atoms with Gasteiger partial charge in [-0.1, -0.05) is 18.2 Å². The zero-order valence-electron chi connectivity index (χ0n) is 14.0. The van der Waals surface area contributed by atoms with Crippen LogP contribution in [-0.2, 0) is 4.74 Å². The van der Waals surface area contributed by atoms with Crippen molar-refractivity contribution in [3.05, 3.63) is 29.8 Å². The minimum atomic E-state index is 0.154. The number of hydrogen-bond donors (Lipinski definition) is 2. The summed E-state index contributed by atoms with van der Waals surface area (Å²) in [5.74, 6) is 1.42. The van der Waals surface area contributed by atoms with Crippen LogP contribution >= 0.6 is 0 Å². The van der Waals surface area contributed by atoms with Gasteiger partial charge in [0.15, 0.2) is 5.96 Å². The van der Waals surface area contributed by atoms with E-state index in [0.29, 0.717) is 19.1 Å². The third-order valence-corrected chi connectivity index (χ3v) is 4.98. The molecule has 1 aromatic rings. The van der Waals surface area contributed by atoms with Gasteiger partial charge in [0.25, 0.3) is 0 Å². The van der Waals surface area contributed by atoms with Gasteiger partial charge in [-0.25, -0.2) is 0 Å². The van der Waals surface area contributed by atoms with E-state index in [-0.39, 0.29) is 12.1 Å². The van der Waals surface area contributed by atoms with E-state index in [4.69, 9.17) is 15.2 Å². The van der Waals surface area contributed by atoms with Gasteiger partial charge in [0, 0.05) is 31.1 Å². The second kappa shape index (κ2) is 6.99. The minimum absolute atomic E-state index is 0.154. The van der Waals surface area contributed by atoms with E-state index in [1.807, 2.05) is 18.2 Å². The Hall–Kier alpha value is -1.79. The number of guanidine groups is 1. The highest BCUT2D eigenvalue weighted by molar-refractivity contribution is 5.78. The minimum Gasteiger partial charge on any atom is -0.493 e. The molecule has 0 amide bonds. The molecule has 0 spiro atoms. The van der Waals surface area contributed by atoms with E-state index in [0.717, 1.165) is 43.5 Å². The van der Waals surface area contributed by atoms with Crippen LogP contribution in [0.15, 0.2) is 29.3 Å². The molecule has 2 heterocycles. The van der Waals surface area contributed by atoms with Crippen molar-refractivity contribution in [2.24, 2.45) is 10.7 Å². The predicted molar refractivity (Wildman–Crippen MR) is 93.3 cm³/mol. The highest BCUT2D eigenvalue weighted by Gasteiger charge is 2.32. The lowest BCUT2D eigenvalue weighted by atomic mass is 10.0. The van der Waals surface area contributed by atoms with Crippen LogP contribution in [0.3, 0.4) is 0 Å². The number of rotatable bonds is 4. The van der Waals surface area contributed by atoms with Gasteiger partial charge in [0.05, 0.1) is 31.9 Å². The van der Waals surface area contributed by atoms with Crippen LogP contribution in [0.5, 0.6) is 5.75 Å². The van der Waals surface area contributed by atoms with E-state index in [9.17, 15) is 0 Å². The van der Waals surface area contributed by atoms with Crippen LogP contribution in [0, 0.1) is 0 Å². The van der Waals surface area contributed by atoms with E-state index >= 15 is 0 Å². The number of nitrogens with one attached hydrogen (secondary N) is 1. The molecule has 1 aromatic carbocycles. The molecule has 3 aliphatic rings. The first-order valence-corrected chi connectivity index (χ1v) is 8.93. The molecular weight excluding hydrogens is 304 g/mol. The van der Waals surface area contributed by atoms with Gasteiger partial charge >= 0.3 is 0 Å². The molecule has 1 saturated carbocycles. The number of ether oxygens (including phenoxy) is 2. The maximum atomic E-state index is 6.11. The molecule has 6 heteroatoms. The van der Waals surface area contributed by atoms with Gasteiger partial charge in [-0.15, -0.1) is 0 Å². The SMILES string of the molecule is NC(=NCC1CN(C2CC2)CCO1)NC1CCOc2ccccc21. The Morgan fingerprint density at radius 3 is 3.00 bits per heavy atom. The summed E-state index contributed by atoms with van der Waals surface area (Å²) in [6, 6.07) is 9.04. The maximum absolute atomic E-state index is 6.11. The molecule has 0 radical (unpaired) electrons. The maximum Gasteiger partial charge on any atom is 0.189 e. The Morgan fingerprint density at radius 2 is 2.12 bits per heavy atom. The summed E-state index contributed by atoms with van der Waals surface area (Å²) in [5, 5.41) is 3.34. The molecular formula is C18H26N4O2. The van der Waals surface area contributed by atoms with Gasteiger partial charge < -0.3 is 20.5 Å². The first kappa shape index (κ1) is 15.7. The van der Waals surface area contributed by atoms with Gasteiger partial charge in [0.2, 0.25) is 0 Å². The molecule has 0 aromatic heterocycles. The molecule has 1 saturated heterocycles. The lowest BCUT2D eigenvalue weighted by Gasteiger charge is -2.32. The van der Waals surface area contributed by atoms with Crippen molar-refractivity contribution >= 4 is 5.96 Å². The Morgan fingerprint density at radius 1 is 1.25 bits per heavy atom. The molecule has 0 bridgehead atoms. The monoisotopic (exact) mass is 330 g/mol. The summed E-state index contributed by atoms with van der Waals surface area (Å²) in [4.78, 5) is 7.05. The molecule has 4 rings (SSSR count). The second-order valence-electron chi connectivity index (χ2n) is 6.82. The molecule has 2 fully saturated rings. The first-order chi connectivity index (χ1) is 11.8. The quantitative estimate of drug-likeness (QED) is 0.643. The van der Waals surface area contributed by atoms with Crippen molar-refractivity contribution in [1.82, 2.24) is 10.2 Å². The largest absolute Gasteiger partial charge is 0.493 e. The lowest BCUT2D eigenvalue weighted by molar-refractivity contribution is -0.0259. The van der Waals surface area contributed by atoms with E-state index < -0.39 is 0 Å². The predicted octanol–water partition coefficient (Wildman–Crippen LogP) is 1.28. The summed E-state index contributed by atoms with van der Waals surface area (Å²) in [5.41, 5.74) is 7.26. The van der Waals surface area contributed by atoms with Crippen LogP contribution in [0.4, 0.5) is 0 Å². The number of benzene rings is 1. The highest BCUT2D eigenvalue weighted by Crippen LogP contribution is 2.31. The van der Waals surface area contributed by atoms with Crippen LogP contribution in [0.2, 0.25) is 0 Å². The summed E-state index contributed by atoms with van der Waals surface area (Å²) in [6.07, 6.45) is 3.72. The van der Waals surface area contributed by atoms with Crippen molar-refractivity contribution in [2.75, 3.05) is 32.8 Å². The first-order valence-electron chi connectivity index (χ1n) is 8.93. The summed E-state index contributed by atoms with van der Waals surface area (Å²) in [6.45, 7) is 4.15. The van der Waals surface area contributed by atoms with Crippen molar-refractivity contribution in [3.63, 3.8) is 0 Å². The zero-order chi connectivity index (χ0) is 16.4. The van der Waals surface area contributed by atoms with Crippen molar-refractivity contribution < 1.29 is 9.47 Å². The van der Waals surface area contributed by atoms with E-state index in [1.165, 1.54) is 12.8 Å². The highest BCUT2D eigenvalue weighted by atomic mass is 16.5. The summed E-state index contributed by atoms with van der Waals surface area (Å²) >= 11 is 0. The fourth-order valence-corrected chi connectivity index (χ4v) is 3.54. The Balaban J connectivity index is 1.33. The average Bonchev–Trinajstić information content (AvgIpc) is 3.46. The van der Waals surface area contributed by atoms with Crippen molar-refractivity contribution in [2.45, 2.75) is 37.5 Å². The van der Waals surface area contributed by atoms with Gasteiger partial charge in [-0.05, 0) is 18.9 Å². The standard InChI is InChI=1S/C18H26N4O2/c19-18(20-11-14-12-22(8-10-23-14)13-5-6-13)21-16-7-9-24-17-4-2-1-3-15(16)17/h1-4,13-14,16H,5-12H2,(H3,19,20,21). The number of para-hydroxylation sites is 1. The number of hydrogen-bond acceptors (Lipinski definition) is 4. The van der Waals surface area contributed by atoms with Crippen LogP contribution in [-0.4, -0.2) is 55.9 Å². The van der Waals surface area contributed by atoms with Crippen LogP contribution in [0.25, 0.3) is 0 Å². The Bertz CT molecular complexity index is 602. The topological polar surface area (TPSA) is 72.1 Å². The van der Waals surface area contributed by atoms with Gasteiger partial charge in [-0.3, -0.25) is 9.89 Å². The van der Waals surface area contributed by atoms with E-state index in [1.54, 1.807) is 0 Å². The van der Waals surface area contributed by atoms with Crippen LogP contribution < -0.4 is 15.8 Å². The van der Waals surface area contributed by atoms with Gasteiger partial charge in [0.1, 0.15) is 5.75 Å². The molecule has 2 atom stereocenters. The fraction of sp³-hybridized carbons (Fsp3) is 0.611. The molecule has 2 unspecified atom stereocenters. The molecule has 2 aliphatic heterocycles. The average molecular weight is 330 g/mol. The fourth-order valence-electron chi connectivity index (χ4n) is 3.54. The third kappa shape index (κ3) is 3.65. The Kier molecular flexibility index (Phi) is 4.58. The Labute approximate surface area is 143 Å². The second-order valence-corrected chi connectivity index (χ2v) is 6.82. The molecule has 3 N–H and O–H groups in total. The summed E-state index contributed by atoms with van der Waals surface area (Å²) in [7, 11) is 0. The smallest absolute Gasteiger partial charge is 0.189 e. The third-order valence-electron chi connectivity index (χ3n) is 4.98. The number of nitrogens with zero attached hydrogens (tertiary/aromatic N) is 2. The lowest BCUT2D eigenvalue weighted by Crippen LogP contribution is -2.45. The normalized spacial score (nSPS) is 28.1. The molecule has 130 valence electrons. The number of fused-ring (bicyclic) bond motifs is 1. The number of aliphatic imine (C=N–C) groups is 1. The zero-order valence-corrected chi connectivity index (χ0v) is 14.0. The molecule has 1 aliphatic carbocycles. The number of morpholine rings is 1.